The predicted molar refractivity (Wildman–Crippen MR) is 71.6 cm³/mol. The average molecular weight is 308 g/mol. The fraction of sp³-hybridized carbons (Fsp3) is 0.462. The largest absolute Gasteiger partial charge is 0.300 e. The Morgan fingerprint density at radius 1 is 1.39 bits per heavy atom. The van der Waals surface area contributed by atoms with Crippen LogP contribution in [-0.4, -0.2) is 20.2 Å². The zero-order valence-electron chi connectivity index (χ0n) is 10.2. The number of carbonyl (C=O) groups is 1. The first-order valence-corrected chi connectivity index (χ1v) is 6.97. The molecular weight excluding hydrogens is 294 g/mol. The summed E-state index contributed by atoms with van der Waals surface area (Å²) in [5, 5.41) is 0. The third-order valence-corrected chi connectivity index (χ3v) is 4.18. The fourth-order valence-corrected chi connectivity index (χ4v) is 3.31. The smallest absolute Gasteiger partial charge is 0.134 e. The number of hydrogen-bond acceptors (Lipinski definition) is 3. The molecule has 0 aliphatic heterocycles. The third kappa shape index (κ3) is 1.86. The van der Waals surface area contributed by atoms with E-state index in [1.54, 1.807) is 6.20 Å². The lowest BCUT2D eigenvalue weighted by molar-refractivity contribution is -0.120. The van der Waals surface area contributed by atoms with E-state index in [9.17, 15) is 4.79 Å². The van der Waals surface area contributed by atoms with Crippen molar-refractivity contribution in [3.63, 3.8) is 0 Å². The highest BCUT2D eigenvalue weighted by Crippen LogP contribution is 2.33. The van der Waals surface area contributed by atoms with Gasteiger partial charge in [-0.2, -0.15) is 0 Å². The van der Waals surface area contributed by atoms with Gasteiger partial charge >= 0.3 is 0 Å². The van der Waals surface area contributed by atoms with Gasteiger partial charge in [-0.05, 0) is 35.7 Å². The van der Waals surface area contributed by atoms with Crippen LogP contribution in [0.4, 0.5) is 0 Å². The van der Waals surface area contributed by atoms with E-state index < -0.39 is 0 Å². The van der Waals surface area contributed by atoms with Crippen LogP contribution in [0.5, 0.6) is 0 Å². The maximum atomic E-state index is 11.3. The van der Waals surface area contributed by atoms with Gasteiger partial charge in [0.1, 0.15) is 21.7 Å². The van der Waals surface area contributed by atoms with Crippen LogP contribution in [0.15, 0.2) is 17.0 Å². The fourth-order valence-electron chi connectivity index (χ4n) is 2.65. The van der Waals surface area contributed by atoms with Gasteiger partial charge in [0, 0.05) is 31.2 Å². The normalized spacial score (nSPS) is 17.6. The Balaban J connectivity index is 2.07. The van der Waals surface area contributed by atoms with E-state index in [0.717, 1.165) is 34.5 Å². The number of aryl methyl sites for hydroxylation is 1. The summed E-state index contributed by atoms with van der Waals surface area (Å²) in [6, 6.07) is 0. The number of ketones is 1. The van der Waals surface area contributed by atoms with Crippen LogP contribution in [0.3, 0.4) is 0 Å². The van der Waals surface area contributed by atoms with Gasteiger partial charge in [-0.1, -0.05) is 0 Å². The molecule has 1 aliphatic carbocycles. The van der Waals surface area contributed by atoms with Gasteiger partial charge in [-0.25, -0.2) is 4.98 Å². The van der Waals surface area contributed by atoms with E-state index in [1.165, 1.54) is 0 Å². The van der Waals surface area contributed by atoms with E-state index in [-0.39, 0.29) is 0 Å². The van der Waals surface area contributed by atoms with Gasteiger partial charge in [0.25, 0.3) is 0 Å². The molecule has 0 bridgehead atoms. The van der Waals surface area contributed by atoms with E-state index in [2.05, 4.69) is 30.3 Å². The first-order chi connectivity index (χ1) is 8.66. The molecule has 1 aliphatic rings. The molecule has 1 saturated carbocycles. The molecule has 5 heteroatoms. The van der Waals surface area contributed by atoms with Crippen LogP contribution in [0, 0.1) is 6.92 Å². The second kappa shape index (κ2) is 4.46. The second-order valence-corrected chi connectivity index (χ2v) is 5.56. The molecule has 2 heterocycles. The summed E-state index contributed by atoms with van der Waals surface area (Å²) < 4.78 is 2.95. The Kier molecular flexibility index (Phi) is 2.93. The molecule has 0 spiro atoms. The lowest BCUT2D eigenvalue weighted by Gasteiger charge is -2.19. The minimum Gasteiger partial charge on any atom is -0.300 e. The van der Waals surface area contributed by atoms with Gasteiger partial charge in [-0.3, -0.25) is 14.2 Å². The van der Waals surface area contributed by atoms with Crippen LogP contribution in [0.2, 0.25) is 0 Å². The number of Topliss-reactive ketones (excluding diaryl/α,β-unsaturated/α-hetero) is 1. The molecule has 0 amide bonds. The molecule has 0 aromatic carbocycles. The molecule has 4 nitrogen and oxygen atoms in total. The molecule has 0 radical (unpaired) electrons. The number of hydrogen-bond donors (Lipinski definition) is 0. The molecule has 2 aromatic heterocycles. The first-order valence-electron chi connectivity index (χ1n) is 6.17. The molecule has 1 fully saturated rings. The maximum absolute atomic E-state index is 11.3. The summed E-state index contributed by atoms with van der Waals surface area (Å²) in [5.74, 6) is 1.81. The molecule has 94 valence electrons. The van der Waals surface area contributed by atoms with Crippen molar-refractivity contribution in [2.75, 3.05) is 0 Å². The van der Waals surface area contributed by atoms with Crippen molar-refractivity contribution < 1.29 is 4.79 Å². The summed E-state index contributed by atoms with van der Waals surface area (Å²) in [4.78, 5) is 20.2. The topological polar surface area (TPSA) is 47.3 Å². The van der Waals surface area contributed by atoms with Crippen LogP contribution in [0.25, 0.3) is 5.52 Å². The number of nitrogens with zero attached hydrogens (tertiary/aromatic N) is 3. The van der Waals surface area contributed by atoms with Crippen molar-refractivity contribution >= 4 is 27.2 Å². The lowest BCUT2D eigenvalue weighted by Crippen LogP contribution is -2.14. The summed E-state index contributed by atoms with van der Waals surface area (Å²) in [6.07, 6.45) is 6.93. The van der Waals surface area contributed by atoms with Gasteiger partial charge in [0.15, 0.2) is 0 Å². The molecule has 0 saturated heterocycles. The maximum Gasteiger partial charge on any atom is 0.134 e. The van der Waals surface area contributed by atoms with E-state index in [0.29, 0.717) is 24.5 Å². The van der Waals surface area contributed by atoms with Gasteiger partial charge in [0.05, 0.1) is 5.69 Å². The summed E-state index contributed by atoms with van der Waals surface area (Å²) in [5.41, 5.74) is 2.00. The SMILES string of the molecule is Cc1nccn2c(C3CCC(=O)CC3)nc(Br)c12. The van der Waals surface area contributed by atoms with Crippen molar-refractivity contribution in [2.24, 2.45) is 0 Å². The van der Waals surface area contributed by atoms with Crippen molar-refractivity contribution in [2.45, 2.75) is 38.5 Å². The Hall–Kier alpha value is -1.23. The van der Waals surface area contributed by atoms with Crippen LogP contribution in [0.1, 0.15) is 43.1 Å². The summed E-state index contributed by atoms with van der Waals surface area (Å²) in [7, 11) is 0. The van der Waals surface area contributed by atoms with E-state index >= 15 is 0 Å². The number of aromatic nitrogens is 3. The van der Waals surface area contributed by atoms with Gasteiger partial charge in [-0.15, -0.1) is 0 Å². The van der Waals surface area contributed by atoms with E-state index in [1.807, 2.05) is 13.1 Å². The number of imidazole rings is 1. The molecule has 0 N–H and O–H groups in total. The van der Waals surface area contributed by atoms with Crippen molar-refractivity contribution in [3.8, 4) is 0 Å². The second-order valence-electron chi connectivity index (χ2n) is 4.81. The minimum absolute atomic E-state index is 0.378. The quantitative estimate of drug-likeness (QED) is 0.813. The van der Waals surface area contributed by atoms with Crippen LogP contribution in [-0.2, 0) is 4.79 Å². The Labute approximate surface area is 114 Å². The molecule has 3 rings (SSSR count). The molecule has 18 heavy (non-hydrogen) atoms. The van der Waals surface area contributed by atoms with Crippen molar-refractivity contribution in [1.29, 1.82) is 0 Å². The highest BCUT2D eigenvalue weighted by molar-refractivity contribution is 9.10. The number of carbonyl (C=O) groups excluding carboxylic acids is 1. The molecule has 2 aromatic rings. The van der Waals surface area contributed by atoms with Gasteiger partial charge < -0.3 is 0 Å². The van der Waals surface area contributed by atoms with E-state index in [4.69, 9.17) is 0 Å². The Morgan fingerprint density at radius 2 is 2.11 bits per heavy atom. The lowest BCUT2D eigenvalue weighted by atomic mass is 9.88. The molecular formula is C13H14BrN3O. The summed E-state index contributed by atoms with van der Waals surface area (Å²) >= 11 is 3.51. The average Bonchev–Trinajstić information content (AvgIpc) is 2.69. The molecule has 0 unspecified atom stereocenters. The Bertz CT molecular complexity index is 610. The third-order valence-electron chi connectivity index (χ3n) is 3.63. The van der Waals surface area contributed by atoms with Crippen LogP contribution >= 0.6 is 15.9 Å². The highest BCUT2D eigenvalue weighted by atomic mass is 79.9. The predicted octanol–water partition coefficient (Wildman–Crippen LogP) is 3.03. The van der Waals surface area contributed by atoms with Crippen molar-refractivity contribution in [1.82, 2.24) is 14.4 Å². The zero-order chi connectivity index (χ0) is 12.7. The monoisotopic (exact) mass is 307 g/mol. The molecule has 0 atom stereocenters. The van der Waals surface area contributed by atoms with Crippen molar-refractivity contribution in [3.05, 3.63) is 28.5 Å². The minimum atomic E-state index is 0.378. The number of halogens is 1. The standard InChI is InChI=1S/C13H14BrN3O/c1-8-11-12(14)16-13(17(11)7-6-15-8)9-2-4-10(18)5-3-9/h6-7,9H,2-5H2,1H3. The Morgan fingerprint density at radius 3 is 2.83 bits per heavy atom. The first kappa shape index (κ1) is 11.8. The summed E-state index contributed by atoms with van der Waals surface area (Å²) in [6.45, 7) is 1.98. The highest BCUT2D eigenvalue weighted by Gasteiger charge is 2.25. The zero-order valence-corrected chi connectivity index (χ0v) is 11.8. The van der Waals surface area contributed by atoms with Crippen LogP contribution < -0.4 is 0 Å². The van der Waals surface area contributed by atoms with Gasteiger partial charge in [0.2, 0.25) is 0 Å². The number of rotatable bonds is 1. The number of fused-ring (bicyclic) bond motifs is 1.